The molecule has 2 nitrogen and oxygen atoms in total. The first kappa shape index (κ1) is 14.7. The van der Waals surface area contributed by atoms with Gasteiger partial charge in [-0.3, -0.25) is 4.98 Å². The molecule has 0 N–H and O–H groups in total. The molecular formula is C14H23BrN2. The highest BCUT2D eigenvalue weighted by molar-refractivity contribution is 9.09. The van der Waals surface area contributed by atoms with E-state index >= 15 is 0 Å². The molecule has 96 valence electrons. The van der Waals surface area contributed by atoms with Crippen LogP contribution in [0, 0.1) is 11.3 Å². The Hall–Kier alpha value is -0.410. The molecule has 1 atom stereocenters. The molecule has 0 aliphatic heterocycles. The van der Waals surface area contributed by atoms with Crippen LogP contribution in [-0.4, -0.2) is 28.8 Å². The fourth-order valence-corrected chi connectivity index (χ4v) is 2.97. The van der Waals surface area contributed by atoms with Gasteiger partial charge in [-0.15, -0.1) is 0 Å². The number of rotatable bonds is 5. The normalized spacial score (nSPS) is 14.0. The summed E-state index contributed by atoms with van der Waals surface area (Å²) in [5.74, 6) is 0.657. The Morgan fingerprint density at radius 3 is 2.59 bits per heavy atom. The minimum Gasteiger partial charge on any atom is -0.302 e. The first-order valence-corrected chi connectivity index (χ1v) is 7.19. The van der Waals surface area contributed by atoms with Crippen LogP contribution in [0.25, 0.3) is 0 Å². The Labute approximate surface area is 114 Å². The predicted molar refractivity (Wildman–Crippen MR) is 77.3 cm³/mol. The van der Waals surface area contributed by atoms with Gasteiger partial charge in [-0.2, -0.15) is 0 Å². The zero-order valence-electron chi connectivity index (χ0n) is 11.3. The molecule has 1 aromatic heterocycles. The summed E-state index contributed by atoms with van der Waals surface area (Å²) in [7, 11) is 2.17. The Morgan fingerprint density at radius 2 is 2.12 bits per heavy atom. The van der Waals surface area contributed by atoms with Gasteiger partial charge in [0, 0.05) is 30.8 Å². The van der Waals surface area contributed by atoms with E-state index in [2.05, 4.69) is 59.7 Å². The van der Waals surface area contributed by atoms with Gasteiger partial charge in [0.15, 0.2) is 0 Å². The van der Waals surface area contributed by atoms with Crippen molar-refractivity contribution in [1.82, 2.24) is 9.88 Å². The van der Waals surface area contributed by atoms with Crippen LogP contribution >= 0.6 is 15.9 Å². The molecule has 0 fully saturated rings. The molecule has 0 aromatic carbocycles. The summed E-state index contributed by atoms with van der Waals surface area (Å²) in [6.45, 7) is 8.97. The van der Waals surface area contributed by atoms with Crippen LogP contribution in [0.3, 0.4) is 0 Å². The summed E-state index contributed by atoms with van der Waals surface area (Å²) in [6, 6.07) is 4.12. The highest BCUT2D eigenvalue weighted by Gasteiger charge is 2.24. The lowest BCUT2D eigenvalue weighted by molar-refractivity contribution is 0.183. The first-order chi connectivity index (χ1) is 7.93. The number of hydrogen-bond acceptors (Lipinski definition) is 2. The number of pyridine rings is 1. The van der Waals surface area contributed by atoms with E-state index in [0.717, 1.165) is 18.4 Å². The zero-order chi connectivity index (χ0) is 12.9. The molecule has 0 aliphatic rings. The molecule has 17 heavy (non-hydrogen) atoms. The van der Waals surface area contributed by atoms with Gasteiger partial charge in [0.1, 0.15) is 0 Å². The van der Waals surface area contributed by atoms with Crippen molar-refractivity contribution >= 4 is 15.9 Å². The molecule has 1 rings (SSSR count). The standard InChI is InChI=1S/C14H23BrN2/c1-14(2,3)13(8-15)11-17(4)10-12-6-5-7-16-9-12/h5-7,9,13H,8,10-11H2,1-4H3. The van der Waals surface area contributed by atoms with Crippen molar-refractivity contribution in [2.45, 2.75) is 27.3 Å². The van der Waals surface area contributed by atoms with Crippen molar-refractivity contribution in [3.05, 3.63) is 30.1 Å². The van der Waals surface area contributed by atoms with Crippen molar-refractivity contribution < 1.29 is 0 Å². The maximum absolute atomic E-state index is 4.15. The molecule has 0 saturated carbocycles. The van der Waals surface area contributed by atoms with E-state index in [4.69, 9.17) is 0 Å². The molecule has 1 unspecified atom stereocenters. The average Bonchev–Trinajstić information content (AvgIpc) is 2.25. The third-order valence-corrected chi connectivity index (χ3v) is 3.90. The number of alkyl halides is 1. The molecular weight excluding hydrogens is 276 g/mol. The van der Waals surface area contributed by atoms with Crippen LogP contribution in [0.1, 0.15) is 26.3 Å². The zero-order valence-corrected chi connectivity index (χ0v) is 12.9. The molecule has 0 aliphatic carbocycles. The summed E-state index contributed by atoms with van der Waals surface area (Å²) in [6.07, 6.45) is 3.76. The van der Waals surface area contributed by atoms with Crippen LogP contribution in [-0.2, 0) is 6.54 Å². The van der Waals surface area contributed by atoms with E-state index in [1.54, 1.807) is 0 Å². The summed E-state index contributed by atoms with van der Waals surface area (Å²) in [4.78, 5) is 6.52. The van der Waals surface area contributed by atoms with Gasteiger partial charge in [-0.1, -0.05) is 42.8 Å². The molecule has 0 amide bonds. The third-order valence-electron chi connectivity index (χ3n) is 3.12. The first-order valence-electron chi connectivity index (χ1n) is 6.07. The van der Waals surface area contributed by atoms with E-state index in [9.17, 15) is 0 Å². The number of hydrogen-bond donors (Lipinski definition) is 0. The summed E-state index contributed by atoms with van der Waals surface area (Å²) >= 11 is 3.63. The van der Waals surface area contributed by atoms with Gasteiger partial charge in [0.05, 0.1) is 0 Å². The van der Waals surface area contributed by atoms with Gasteiger partial charge in [0.2, 0.25) is 0 Å². The van der Waals surface area contributed by atoms with Crippen molar-refractivity contribution in [2.75, 3.05) is 18.9 Å². The molecule has 3 heteroatoms. The average molecular weight is 299 g/mol. The second-order valence-corrected chi connectivity index (χ2v) is 6.42. The largest absolute Gasteiger partial charge is 0.302 e. The van der Waals surface area contributed by atoms with Crippen molar-refractivity contribution in [3.63, 3.8) is 0 Å². The van der Waals surface area contributed by atoms with Crippen LogP contribution in [0.15, 0.2) is 24.5 Å². The Bertz CT molecular complexity index is 319. The second kappa shape index (κ2) is 6.50. The van der Waals surface area contributed by atoms with Crippen LogP contribution in [0.4, 0.5) is 0 Å². The van der Waals surface area contributed by atoms with Crippen molar-refractivity contribution in [3.8, 4) is 0 Å². The highest BCUT2D eigenvalue weighted by Crippen LogP contribution is 2.28. The lowest BCUT2D eigenvalue weighted by Crippen LogP contribution is -2.34. The summed E-state index contributed by atoms with van der Waals surface area (Å²) in [5, 5.41) is 1.05. The van der Waals surface area contributed by atoms with E-state index < -0.39 is 0 Å². The van der Waals surface area contributed by atoms with Gasteiger partial charge < -0.3 is 4.90 Å². The highest BCUT2D eigenvalue weighted by atomic mass is 79.9. The Balaban J connectivity index is 2.51. The van der Waals surface area contributed by atoms with Crippen LogP contribution in [0.5, 0.6) is 0 Å². The molecule has 0 bridgehead atoms. The predicted octanol–water partition coefficient (Wildman–Crippen LogP) is 3.57. The molecule has 0 saturated heterocycles. The Kier molecular flexibility index (Phi) is 5.60. The number of aromatic nitrogens is 1. The Morgan fingerprint density at radius 1 is 1.41 bits per heavy atom. The van der Waals surface area contributed by atoms with Crippen LogP contribution in [0.2, 0.25) is 0 Å². The summed E-state index contributed by atoms with van der Waals surface area (Å²) in [5.41, 5.74) is 1.62. The smallest absolute Gasteiger partial charge is 0.0312 e. The van der Waals surface area contributed by atoms with Crippen molar-refractivity contribution in [2.24, 2.45) is 11.3 Å². The fraction of sp³-hybridized carbons (Fsp3) is 0.643. The molecule has 0 spiro atoms. The van der Waals surface area contributed by atoms with Crippen molar-refractivity contribution in [1.29, 1.82) is 0 Å². The van der Waals surface area contributed by atoms with Gasteiger partial charge >= 0.3 is 0 Å². The fourth-order valence-electron chi connectivity index (χ4n) is 1.80. The lowest BCUT2D eigenvalue weighted by Gasteiger charge is -2.32. The minimum absolute atomic E-state index is 0.340. The maximum atomic E-state index is 4.15. The van der Waals surface area contributed by atoms with Gasteiger partial charge in [-0.25, -0.2) is 0 Å². The topological polar surface area (TPSA) is 16.1 Å². The SMILES string of the molecule is CN(Cc1cccnc1)CC(CBr)C(C)(C)C. The molecule has 1 heterocycles. The summed E-state index contributed by atoms with van der Waals surface area (Å²) < 4.78 is 0. The number of nitrogens with zero attached hydrogens (tertiary/aromatic N) is 2. The minimum atomic E-state index is 0.340. The van der Waals surface area contributed by atoms with Crippen LogP contribution < -0.4 is 0 Å². The van der Waals surface area contributed by atoms with E-state index in [1.807, 2.05) is 18.5 Å². The monoisotopic (exact) mass is 298 g/mol. The second-order valence-electron chi connectivity index (χ2n) is 5.78. The van der Waals surface area contributed by atoms with E-state index in [-0.39, 0.29) is 0 Å². The number of halogens is 1. The van der Waals surface area contributed by atoms with E-state index in [1.165, 1.54) is 5.56 Å². The van der Waals surface area contributed by atoms with Gasteiger partial charge in [-0.05, 0) is 30.0 Å². The van der Waals surface area contributed by atoms with Gasteiger partial charge in [0.25, 0.3) is 0 Å². The maximum Gasteiger partial charge on any atom is 0.0312 e. The lowest BCUT2D eigenvalue weighted by atomic mass is 9.82. The molecule has 0 radical (unpaired) electrons. The quantitative estimate of drug-likeness (QED) is 0.773. The van der Waals surface area contributed by atoms with E-state index in [0.29, 0.717) is 11.3 Å². The molecule has 1 aromatic rings. The third kappa shape index (κ3) is 5.17.